The molecule has 0 unspecified atom stereocenters. The highest BCUT2D eigenvalue weighted by Gasteiger charge is 2.28. The zero-order valence-corrected chi connectivity index (χ0v) is 8.51. The van der Waals surface area contributed by atoms with Crippen molar-refractivity contribution in [3.05, 3.63) is 0 Å². The molecule has 1 heterocycles. The zero-order chi connectivity index (χ0) is 10.8. The van der Waals surface area contributed by atoms with Gasteiger partial charge in [0, 0.05) is 19.1 Å². The van der Waals surface area contributed by atoms with E-state index in [-0.39, 0.29) is 12.1 Å². The first kappa shape index (κ1) is 11.4. The minimum Gasteiger partial charge on any atom is -0.392 e. The third-order valence-corrected chi connectivity index (χ3v) is 2.25. The van der Waals surface area contributed by atoms with Crippen LogP contribution in [0.4, 0.5) is 4.39 Å². The molecule has 0 aromatic rings. The molecule has 3 N–H and O–H groups in total. The fourth-order valence-electron chi connectivity index (χ4n) is 1.38. The standard InChI is InChI=1S/C9H17FN2O2/c1-9(2,10)8(14)12-4-6-3-7(13)5-11-6/h6-7,11,13H,3-5H2,1-2H3,(H,12,14)/t6-,7+/m0/s1. The number of aliphatic hydroxyl groups excluding tert-OH is 1. The molecular formula is C9H17FN2O2. The van der Waals surface area contributed by atoms with Gasteiger partial charge in [-0.3, -0.25) is 4.79 Å². The average Bonchev–Trinajstić information content (AvgIpc) is 2.45. The highest BCUT2D eigenvalue weighted by molar-refractivity contribution is 5.84. The van der Waals surface area contributed by atoms with Gasteiger partial charge in [-0.1, -0.05) is 0 Å². The van der Waals surface area contributed by atoms with Crippen LogP contribution in [-0.2, 0) is 4.79 Å². The van der Waals surface area contributed by atoms with Crippen LogP contribution >= 0.6 is 0 Å². The van der Waals surface area contributed by atoms with Gasteiger partial charge in [-0.25, -0.2) is 4.39 Å². The number of nitrogens with one attached hydrogen (secondary N) is 2. The van der Waals surface area contributed by atoms with Gasteiger partial charge in [-0.15, -0.1) is 0 Å². The summed E-state index contributed by atoms with van der Waals surface area (Å²) in [7, 11) is 0. The molecule has 82 valence electrons. The Morgan fingerprint density at radius 3 is 2.79 bits per heavy atom. The average molecular weight is 204 g/mol. The summed E-state index contributed by atoms with van der Waals surface area (Å²) < 4.78 is 13.1. The topological polar surface area (TPSA) is 61.4 Å². The van der Waals surface area contributed by atoms with Crippen molar-refractivity contribution in [1.29, 1.82) is 0 Å². The second kappa shape index (κ2) is 4.23. The van der Waals surface area contributed by atoms with Crippen LogP contribution in [0.2, 0.25) is 0 Å². The molecule has 1 amide bonds. The first-order valence-electron chi connectivity index (χ1n) is 4.78. The van der Waals surface area contributed by atoms with E-state index in [0.29, 0.717) is 19.5 Å². The molecule has 4 nitrogen and oxygen atoms in total. The van der Waals surface area contributed by atoms with Gasteiger partial charge in [-0.2, -0.15) is 0 Å². The van der Waals surface area contributed by atoms with E-state index in [9.17, 15) is 14.3 Å². The Morgan fingerprint density at radius 2 is 2.36 bits per heavy atom. The minimum absolute atomic E-state index is 0.0521. The van der Waals surface area contributed by atoms with E-state index >= 15 is 0 Å². The molecule has 0 radical (unpaired) electrons. The van der Waals surface area contributed by atoms with E-state index in [4.69, 9.17) is 0 Å². The molecule has 0 saturated carbocycles. The van der Waals surface area contributed by atoms with Crippen molar-refractivity contribution in [2.45, 2.75) is 38.1 Å². The lowest BCUT2D eigenvalue weighted by atomic mass is 10.1. The van der Waals surface area contributed by atoms with Crippen LogP contribution in [0.5, 0.6) is 0 Å². The lowest BCUT2D eigenvalue weighted by Gasteiger charge is -2.16. The quantitative estimate of drug-likeness (QED) is 0.585. The van der Waals surface area contributed by atoms with Gasteiger partial charge in [0.05, 0.1) is 6.10 Å². The summed E-state index contributed by atoms with van der Waals surface area (Å²) in [6.07, 6.45) is 0.253. The molecule has 2 atom stereocenters. The lowest BCUT2D eigenvalue weighted by Crippen LogP contribution is -2.44. The SMILES string of the molecule is CC(C)(F)C(=O)NC[C@@H]1C[C@@H](O)CN1. The van der Waals surface area contributed by atoms with Crippen molar-refractivity contribution in [2.24, 2.45) is 0 Å². The second-order valence-corrected chi connectivity index (χ2v) is 4.18. The van der Waals surface area contributed by atoms with Crippen molar-refractivity contribution in [1.82, 2.24) is 10.6 Å². The number of carbonyl (C=O) groups is 1. The Morgan fingerprint density at radius 1 is 1.71 bits per heavy atom. The van der Waals surface area contributed by atoms with Crippen LogP contribution in [0.25, 0.3) is 0 Å². The van der Waals surface area contributed by atoms with Crippen LogP contribution in [-0.4, -0.2) is 41.9 Å². The highest BCUT2D eigenvalue weighted by atomic mass is 19.1. The highest BCUT2D eigenvalue weighted by Crippen LogP contribution is 2.09. The van der Waals surface area contributed by atoms with E-state index < -0.39 is 11.6 Å². The lowest BCUT2D eigenvalue weighted by molar-refractivity contribution is -0.130. The first-order valence-corrected chi connectivity index (χ1v) is 4.78. The number of aliphatic hydroxyl groups is 1. The minimum atomic E-state index is -1.84. The van der Waals surface area contributed by atoms with Crippen LogP contribution in [0.3, 0.4) is 0 Å². The molecule has 1 aliphatic heterocycles. The molecule has 1 fully saturated rings. The van der Waals surface area contributed by atoms with Crippen molar-refractivity contribution in [3.8, 4) is 0 Å². The number of hydrogen-bond acceptors (Lipinski definition) is 3. The predicted molar refractivity (Wildman–Crippen MR) is 50.6 cm³/mol. The summed E-state index contributed by atoms with van der Waals surface area (Å²) in [5.41, 5.74) is -1.84. The van der Waals surface area contributed by atoms with Crippen molar-refractivity contribution >= 4 is 5.91 Å². The number of hydrogen-bond donors (Lipinski definition) is 3. The van der Waals surface area contributed by atoms with Gasteiger partial charge in [0.1, 0.15) is 0 Å². The van der Waals surface area contributed by atoms with Gasteiger partial charge < -0.3 is 15.7 Å². The molecule has 0 aromatic carbocycles. The molecule has 0 spiro atoms. The van der Waals surface area contributed by atoms with Crippen molar-refractivity contribution < 1.29 is 14.3 Å². The van der Waals surface area contributed by atoms with Gasteiger partial charge >= 0.3 is 0 Å². The monoisotopic (exact) mass is 204 g/mol. The smallest absolute Gasteiger partial charge is 0.257 e. The van der Waals surface area contributed by atoms with Gasteiger partial charge in [-0.05, 0) is 20.3 Å². The predicted octanol–water partition coefficient (Wildman–Crippen LogP) is -0.427. The summed E-state index contributed by atoms with van der Waals surface area (Å²) in [4.78, 5) is 11.1. The normalized spacial score (nSPS) is 27.7. The molecule has 1 aliphatic rings. The fraction of sp³-hybridized carbons (Fsp3) is 0.889. The van der Waals surface area contributed by atoms with E-state index in [1.807, 2.05) is 0 Å². The van der Waals surface area contributed by atoms with Crippen molar-refractivity contribution in [3.63, 3.8) is 0 Å². The maximum atomic E-state index is 13.1. The van der Waals surface area contributed by atoms with Crippen molar-refractivity contribution in [2.75, 3.05) is 13.1 Å². The van der Waals surface area contributed by atoms with E-state index in [1.54, 1.807) is 0 Å². The summed E-state index contributed by atoms with van der Waals surface area (Å²) in [5.74, 6) is -0.610. The Bertz CT molecular complexity index is 215. The van der Waals surface area contributed by atoms with Crippen LogP contribution in [0, 0.1) is 0 Å². The molecule has 14 heavy (non-hydrogen) atoms. The molecule has 1 saturated heterocycles. The van der Waals surface area contributed by atoms with E-state index in [1.165, 1.54) is 13.8 Å². The Labute approximate surface area is 82.9 Å². The Hall–Kier alpha value is -0.680. The molecular weight excluding hydrogens is 187 g/mol. The molecule has 0 bridgehead atoms. The zero-order valence-electron chi connectivity index (χ0n) is 8.51. The number of alkyl halides is 1. The Balaban J connectivity index is 2.24. The van der Waals surface area contributed by atoms with Crippen LogP contribution in [0.1, 0.15) is 20.3 Å². The molecule has 1 rings (SSSR count). The number of halogens is 1. The molecule has 0 aliphatic carbocycles. The molecule has 0 aromatic heterocycles. The fourth-order valence-corrected chi connectivity index (χ4v) is 1.38. The first-order chi connectivity index (χ1) is 6.39. The summed E-state index contributed by atoms with van der Waals surface area (Å²) in [6, 6.07) is 0.0521. The van der Waals surface area contributed by atoms with Gasteiger partial charge in [0.15, 0.2) is 5.67 Å². The maximum Gasteiger partial charge on any atom is 0.257 e. The van der Waals surface area contributed by atoms with Crippen LogP contribution in [0.15, 0.2) is 0 Å². The maximum absolute atomic E-state index is 13.1. The van der Waals surface area contributed by atoms with Gasteiger partial charge in [0.25, 0.3) is 5.91 Å². The number of amides is 1. The number of rotatable bonds is 3. The second-order valence-electron chi connectivity index (χ2n) is 4.18. The van der Waals surface area contributed by atoms with E-state index in [2.05, 4.69) is 10.6 Å². The third-order valence-electron chi connectivity index (χ3n) is 2.25. The largest absolute Gasteiger partial charge is 0.392 e. The summed E-state index contributed by atoms with van der Waals surface area (Å²) in [5, 5.41) is 14.7. The summed E-state index contributed by atoms with van der Waals surface area (Å²) >= 11 is 0. The van der Waals surface area contributed by atoms with Crippen LogP contribution < -0.4 is 10.6 Å². The number of carbonyl (C=O) groups excluding carboxylic acids is 1. The van der Waals surface area contributed by atoms with Gasteiger partial charge in [0.2, 0.25) is 0 Å². The number of β-amino-alcohol motifs (C(OH)–C–C–N with tert-alkyl or cyclic N) is 1. The Kier molecular flexibility index (Phi) is 3.44. The van der Waals surface area contributed by atoms with E-state index in [0.717, 1.165) is 0 Å². The molecule has 5 heteroatoms. The third kappa shape index (κ3) is 3.23. The summed E-state index contributed by atoms with van der Waals surface area (Å²) in [6.45, 7) is 3.35.